The molecule has 0 spiro atoms. The van der Waals surface area contributed by atoms with E-state index in [9.17, 15) is 4.79 Å². The van der Waals surface area contributed by atoms with Crippen LogP contribution < -0.4 is 11.1 Å². The Labute approximate surface area is 180 Å². The molecule has 160 valence electrons. The minimum Gasteiger partial charge on any atom is -0.384 e. The van der Waals surface area contributed by atoms with Gasteiger partial charge in [0.1, 0.15) is 5.82 Å². The van der Waals surface area contributed by atoms with Gasteiger partial charge in [0.05, 0.1) is 0 Å². The van der Waals surface area contributed by atoms with E-state index in [1.165, 1.54) is 6.08 Å². The fraction of sp³-hybridized carbons (Fsp3) is 0.320. The summed E-state index contributed by atoms with van der Waals surface area (Å²) in [5.74, 6) is 0.399. The smallest absolute Gasteiger partial charge is 0.243 e. The number of carbonyl (C=O) groups is 1. The number of aromatic nitrogens is 1. The second kappa shape index (κ2) is 13.9. The largest absolute Gasteiger partial charge is 0.384 e. The maximum Gasteiger partial charge on any atom is 0.243 e. The molecule has 0 aromatic carbocycles. The van der Waals surface area contributed by atoms with Gasteiger partial charge in [0.15, 0.2) is 0 Å². The number of nitrogens with two attached hydrogens (primary N) is 1. The predicted molar refractivity (Wildman–Crippen MR) is 128 cm³/mol. The lowest BCUT2D eigenvalue weighted by Crippen LogP contribution is -2.23. The van der Waals surface area contributed by atoms with E-state index < -0.39 is 0 Å². The number of hydrogen-bond donors (Lipinski definition) is 2. The molecule has 5 heteroatoms. The van der Waals surface area contributed by atoms with Crippen LogP contribution in [0.15, 0.2) is 84.5 Å². The standard InChI is InChI=1S/C25H34N4O/c1-6-9-12-22(23-14-10-15-27-18-23)17-24(19(4)29-20(5)26)21(7-2)13-11-16-28-25(30)8-3/h6,8-10,12,14-15,17-18,21H,3,5,7,11,13,16,26H2,1-2,4H3,(H,28,30)/b9-6+,22-12+,24-17+,29-19+. The van der Waals surface area contributed by atoms with E-state index in [1.807, 2.05) is 44.3 Å². The van der Waals surface area contributed by atoms with E-state index >= 15 is 0 Å². The number of allylic oxidation sites excluding steroid dienone is 6. The lowest BCUT2D eigenvalue weighted by Gasteiger charge is -2.20. The molecule has 1 aromatic heterocycles. The summed E-state index contributed by atoms with van der Waals surface area (Å²) >= 11 is 0. The molecule has 1 unspecified atom stereocenters. The van der Waals surface area contributed by atoms with E-state index in [0.29, 0.717) is 6.54 Å². The predicted octanol–water partition coefficient (Wildman–Crippen LogP) is 4.97. The Balaban J connectivity index is 3.28. The zero-order chi connectivity index (χ0) is 22.4. The van der Waals surface area contributed by atoms with Crippen LogP contribution in [-0.2, 0) is 4.79 Å². The maximum atomic E-state index is 11.4. The van der Waals surface area contributed by atoms with E-state index in [4.69, 9.17) is 5.73 Å². The summed E-state index contributed by atoms with van der Waals surface area (Å²) in [6, 6.07) is 3.96. The van der Waals surface area contributed by atoms with Gasteiger partial charge in [-0.05, 0) is 74.0 Å². The van der Waals surface area contributed by atoms with Crippen LogP contribution in [0.5, 0.6) is 0 Å². The van der Waals surface area contributed by atoms with E-state index in [-0.39, 0.29) is 17.6 Å². The molecule has 0 fully saturated rings. The first kappa shape index (κ1) is 24.8. The first-order valence-corrected chi connectivity index (χ1v) is 10.3. The van der Waals surface area contributed by atoms with Gasteiger partial charge in [-0.15, -0.1) is 0 Å². The summed E-state index contributed by atoms with van der Waals surface area (Å²) in [6.07, 6.45) is 15.8. The fourth-order valence-corrected chi connectivity index (χ4v) is 3.14. The molecule has 1 atom stereocenters. The Hall–Kier alpha value is -3.21. The van der Waals surface area contributed by atoms with Crippen LogP contribution in [0.4, 0.5) is 0 Å². The Bertz CT molecular complexity index is 832. The molecule has 0 saturated heterocycles. The monoisotopic (exact) mass is 406 g/mol. The summed E-state index contributed by atoms with van der Waals surface area (Å²) in [5, 5.41) is 2.84. The molecule has 30 heavy (non-hydrogen) atoms. The minimum atomic E-state index is -0.149. The Morgan fingerprint density at radius 1 is 1.43 bits per heavy atom. The molecule has 0 bridgehead atoms. The topological polar surface area (TPSA) is 80.4 Å². The quantitative estimate of drug-likeness (QED) is 0.223. The molecule has 0 aliphatic carbocycles. The second-order valence-electron chi connectivity index (χ2n) is 6.92. The van der Waals surface area contributed by atoms with Crippen LogP contribution in [-0.4, -0.2) is 23.1 Å². The lowest BCUT2D eigenvalue weighted by atomic mass is 9.86. The Morgan fingerprint density at radius 3 is 2.77 bits per heavy atom. The molecular formula is C25H34N4O. The number of nitrogens with zero attached hydrogens (tertiary/aromatic N) is 2. The fourth-order valence-electron chi connectivity index (χ4n) is 3.14. The van der Waals surface area contributed by atoms with Crippen molar-refractivity contribution >= 4 is 17.2 Å². The third kappa shape index (κ3) is 8.86. The van der Waals surface area contributed by atoms with Crippen LogP contribution in [0.3, 0.4) is 0 Å². The van der Waals surface area contributed by atoms with Crippen LogP contribution >= 0.6 is 0 Å². The molecule has 1 aromatic rings. The highest BCUT2D eigenvalue weighted by atomic mass is 16.1. The third-order valence-electron chi connectivity index (χ3n) is 4.65. The van der Waals surface area contributed by atoms with Crippen molar-refractivity contribution in [1.82, 2.24) is 10.3 Å². The van der Waals surface area contributed by atoms with E-state index in [0.717, 1.165) is 41.7 Å². The van der Waals surface area contributed by atoms with Gasteiger partial charge in [-0.1, -0.05) is 44.4 Å². The first-order chi connectivity index (χ1) is 14.4. The summed E-state index contributed by atoms with van der Waals surface area (Å²) in [6.45, 7) is 13.9. The Kier molecular flexibility index (Phi) is 11.5. The average molecular weight is 407 g/mol. The normalized spacial score (nSPS) is 13.9. The molecule has 5 nitrogen and oxygen atoms in total. The first-order valence-electron chi connectivity index (χ1n) is 10.3. The molecular weight excluding hydrogens is 372 g/mol. The van der Waals surface area contributed by atoms with Gasteiger partial charge in [-0.2, -0.15) is 0 Å². The van der Waals surface area contributed by atoms with E-state index in [2.05, 4.69) is 47.5 Å². The van der Waals surface area contributed by atoms with Gasteiger partial charge in [-0.25, -0.2) is 4.99 Å². The summed E-state index contributed by atoms with van der Waals surface area (Å²) in [4.78, 5) is 20.1. The molecule has 0 saturated carbocycles. The molecule has 0 aliphatic rings. The number of amides is 1. The van der Waals surface area contributed by atoms with Crippen molar-refractivity contribution in [3.8, 4) is 0 Å². The zero-order valence-corrected chi connectivity index (χ0v) is 18.4. The third-order valence-corrected chi connectivity index (χ3v) is 4.65. The zero-order valence-electron chi connectivity index (χ0n) is 18.4. The minimum absolute atomic E-state index is 0.149. The molecule has 1 rings (SSSR count). The molecule has 1 amide bonds. The average Bonchev–Trinajstić information content (AvgIpc) is 2.74. The van der Waals surface area contributed by atoms with Gasteiger partial charge in [0.2, 0.25) is 5.91 Å². The van der Waals surface area contributed by atoms with Crippen LogP contribution in [0.1, 0.15) is 45.6 Å². The highest BCUT2D eigenvalue weighted by molar-refractivity contribution is 6.01. The van der Waals surface area contributed by atoms with Crippen LogP contribution in [0, 0.1) is 5.92 Å². The molecule has 0 radical (unpaired) electrons. The highest BCUT2D eigenvalue weighted by Crippen LogP contribution is 2.27. The summed E-state index contributed by atoms with van der Waals surface area (Å²) < 4.78 is 0. The van der Waals surface area contributed by atoms with Gasteiger partial charge < -0.3 is 11.1 Å². The van der Waals surface area contributed by atoms with Crippen LogP contribution in [0.2, 0.25) is 0 Å². The maximum absolute atomic E-state index is 11.4. The van der Waals surface area contributed by atoms with Crippen molar-refractivity contribution in [2.45, 2.75) is 40.0 Å². The highest BCUT2D eigenvalue weighted by Gasteiger charge is 2.16. The number of aliphatic imine (C=N–C) groups is 1. The van der Waals surface area contributed by atoms with Crippen LogP contribution in [0.25, 0.3) is 5.57 Å². The van der Waals surface area contributed by atoms with Crippen molar-refractivity contribution in [1.29, 1.82) is 0 Å². The van der Waals surface area contributed by atoms with Crippen molar-refractivity contribution < 1.29 is 4.79 Å². The number of nitrogens with one attached hydrogen (secondary N) is 1. The number of pyridine rings is 1. The number of carbonyl (C=O) groups excluding carboxylic acids is 1. The number of hydrogen-bond acceptors (Lipinski definition) is 4. The molecule has 0 aliphatic heterocycles. The Morgan fingerprint density at radius 2 is 2.20 bits per heavy atom. The van der Waals surface area contributed by atoms with Crippen molar-refractivity contribution in [3.05, 3.63) is 85.0 Å². The van der Waals surface area contributed by atoms with Crippen molar-refractivity contribution in [3.63, 3.8) is 0 Å². The van der Waals surface area contributed by atoms with E-state index in [1.54, 1.807) is 6.20 Å². The van der Waals surface area contributed by atoms with Gasteiger partial charge in [0.25, 0.3) is 0 Å². The van der Waals surface area contributed by atoms with Crippen molar-refractivity contribution in [2.24, 2.45) is 16.6 Å². The van der Waals surface area contributed by atoms with Gasteiger partial charge >= 0.3 is 0 Å². The molecule has 1 heterocycles. The molecule has 3 N–H and O–H groups in total. The SMILES string of the molecule is C=CC(=O)NCCCC(CC)C(=C/C(=C\C=C\C)c1cccnc1)/C(C)=N/C(=C)N. The van der Waals surface area contributed by atoms with Gasteiger partial charge in [0, 0.05) is 24.7 Å². The second-order valence-corrected chi connectivity index (χ2v) is 6.92. The lowest BCUT2D eigenvalue weighted by molar-refractivity contribution is -0.116. The number of rotatable bonds is 12. The van der Waals surface area contributed by atoms with Crippen molar-refractivity contribution in [2.75, 3.05) is 6.54 Å². The summed E-state index contributed by atoms with van der Waals surface area (Å²) in [7, 11) is 0. The summed E-state index contributed by atoms with van der Waals surface area (Å²) in [5.41, 5.74) is 9.80. The van der Waals surface area contributed by atoms with Gasteiger partial charge in [-0.3, -0.25) is 9.78 Å².